The second kappa shape index (κ2) is 7.66. The van der Waals surface area contributed by atoms with Crippen LogP contribution in [-0.4, -0.2) is 0 Å². The van der Waals surface area contributed by atoms with Crippen molar-refractivity contribution in [3.63, 3.8) is 0 Å². The van der Waals surface area contributed by atoms with Gasteiger partial charge in [0.05, 0.1) is 5.41 Å². The summed E-state index contributed by atoms with van der Waals surface area (Å²) >= 11 is 0. The number of hydrogen-bond acceptors (Lipinski definition) is 0. The summed E-state index contributed by atoms with van der Waals surface area (Å²) in [5, 5.41) is 0. The highest BCUT2D eigenvalue weighted by atomic mass is 14.5. The second-order valence-electron chi connectivity index (χ2n) is 10.0. The van der Waals surface area contributed by atoms with Crippen LogP contribution in [0.25, 0.3) is 44.5 Å². The molecule has 2 aliphatic carbocycles. The summed E-state index contributed by atoms with van der Waals surface area (Å²) in [7, 11) is 0. The zero-order chi connectivity index (χ0) is 24.4. The fourth-order valence-corrected chi connectivity index (χ4v) is 6.97. The first kappa shape index (κ1) is 20.5. The Bertz CT molecular complexity index is 1760. The molecule has 0 heteroatoms. The number of benzene rings is 6. The number of hydrogen-bond donors (Lipinski definition) is 0. The third-order valence-corrected chi connectivity index (χ3v) is 8.32. The fourth-order valence-electron chi connectivity index (χ4n) is 6.97. The largest absolute Gasteiger partial charge is 0.0731 e. The molecule has 0 nitrogen and oxygen atoms in total. The molecule has 0 saturated heterocycles. The van der Waals surface area contributed by atoms with Gasteiger partial charge < -0.3 is 0 Å². The Hall–Kier alpha value is -4.68. The minimum Gasteiger partial charge on any atom is -0.0622 e. The second-order valence-corrected chi connectivity index (χ2v) is 10.0. The van der Waals surface area contributed by atoms with Gasteiger partial charge in [0.25, 0.3) is 0 Å². The molecule has 0 bridgehead atoms. The van der Waals surface area contributed by atoms with Gasteiger partial charge in [-0.3, -0.25) is 0 Å². The van der Waals surface area contributed by atoms with Crippen LogP contribution in [0.5, 0.6) is 0 Å². The third-order valence-electron chi connectivity index (χ3n) is 8.32. The molecule has 0 atom stereocenters. The Morgan fingerprint density at radius 3 is 1.22 bits per heavy atom. The number of rotatable bonds is 2. The molecule has 37 heavy (non-hydrogen) atoms. The normalized spacial score (nSPS) is 13.6. The maximum atomic E-state index is 2.35. The van der Waals surface area contributed by atoms with Crippen molar-refractivity contribution >= 4 is 0 Å². The molecule has 0 N–H and O–H groups in total. The van der Waals surface area contributed by atoms with Gasteiger partial charge in [-0.2, -0.15) is 0 Å². The Balaban J connectivity index is 1.54. The van der Waals surface area contributed by atoms with Crippen LogP contribution in [0.4, 0.5) is 0 Å². The smallest absolute Gasteiger partial charge is 0.0622 e. The minimum absolute atomic E-state index is 0.348. The summed E-state index contributed by atoms with van der Waals surface area (Å²) < 4.78 is 0. The van der Waals surface area contributed by atoms with Gasteiger partial charge in [-0.05, 0) is 66.8 Å². The van der Waals surface area contributed by atoms with Crippen molar-refractivity contribution in [1.29, 1.82) is 0 Å². The summed E-state index contributed by atoms with van der Waals surface area (Å²) in [6.07, 6.45) is 0. The molecular weight excluding hydrogens is 444 g/mol. The lowest BCUT2D eigenvalue weighted by atomic mass is 9.68. The molecule has 0 fully saturated rings. The molecule has 6 aromatic carbocycles. The SMILES string of the molecule is c1ccc(-c2ccccc2-c2cccc3c2C2(c4ccccc4-c4ccccc42)c2ccccc2-3)cc1. The zero-order valence-corrected chi connectivity index (χ0v) is 20.4. The van der Waals surface area contributed by atoms with Gasteiger partial charge in [0.15, 0.2) is 0 Å². The summed E-state index contributed by atoms with van der Waals surface area (Å²) in [5.74, 6) is 0. The van der Waals surface area contributed by atoms with Crippen LogP contribution in [0.2, 0.25) is 0 Å². The van der Waals surface area contributed by atoms with E-state index in [0.717, 1.165) is 0 Å². The molecule has 1 spiro atoms. The summed E-state index contributed by atoms with van der Waals surface area (Å²) in [5.41, 5.74) is 15.6. The molecule has 6 aromatic rings. The Labute approximate surface area is 217 Å². The predicted octanol–water partition coefficient (Wildman–Crippen LogP) is 9.36. The monoisotopic (exact) mass is 468 g/mol. The van der Waals surface area contributed by atoms with Crippen molar-refractivity contribution in [2.24, 2.45) is 0 Å². The Kier molecular flexibility index (Phi) is 4.24. The maximum absolute atomic E-state index is 2.35. The van der Waals surface area contributed by atoms with Crippen molar-refractivity contribution in [2.75, 3.05) is 0 Å². The Morgan fingerprint density at radius 1 is 0.270 bits per heavy atom. The van der Waals surface area contributed by atoms with Crippen LogP contribution >= 0.6 is 0 Å². The molecule has 0 radical (unpaired) electrons. The van der Waals surface area contributed by atoms with Crippen LogP contribution in [-0.2, 0) is 5.41 Å². The predicted molar refractivity (Wildman–Crippen MR) is 154 cm³/mol. The van der Waals surface area contributed by atoms with Gasteiger partial charge in [-0.25, -0.2) is 0 Å². The lowest BCUT2D eigenvalue weighted by Crippen LogP contribution is -2.26. The average Bonchev–Trinajstić information content (AvgIpc) is 3.45. The van der Waals surface area contributed by atoms with E-state index in [1.54, 1.807) is 0 Å². The maximum Gasteiger partial charge on any atom is 0.0731 e. The first-order valence-electron chi connectivity index (χ1n) is 13.0. The quantitative estimate of drug-likeness (QED) is 0.237. The molecule has 0 heterocycles. The van der Waals surface area contributed by atoms with E-state index in [2.05, 4.69) is 146 Å². The molecule has 0 aromatic heterocycles. The molecule has 172 valence electrons. The van der Waals surface area contributed by atoms with Crippen LogP contribution in [0.1, 0.15) is 22.3 Å². The number of fused-ring (bicyclic) bond motifs is 10. The van der Waals surface area contributed by atoms with Crippen LogP contribution in [0.15, 0.2) is 146 Å². The molecule has 8 rings (SSSR count). The van der Waals surface area contributed by atoms with E-state index in [9.17, 15) is 0 Å². The van der Waals surface area contributed by atoms with E-state index in [0.29, 0.717) is 0 Å². The van der Waals surface area contributed by atoms with Crippen molar-refractivity contribution in [3.8, 4) is 44.5 Å². The molecule has 0 aliphatic heterocycles. The lowest BCUT2D eigenvalue weighted by molar-refractivity contribution is 0.796. The van der Waals surface area contributed by atoms with Crippen molar-refractivity contribution in [2.45, 2.75) is 5.41 Å². The van der Waals surface area contributed by atoms with Gasteiger partial charge >= 0.3 is 0 Å². The third kappa shape index (κ3) is 2.62. The first-order valence-corrected chi connectivity index (χ1v) is 13.0. The topological polar surface area (TPSA) is 0 Å². The fraction of sp³-hybridized carbons (Fsp3) is 0.0270. The highest BCUT2D eigenvalue weighted by molar-refractivity contribution is 6.00. The minimum atomic E-state index is -0.348. The highest BCUT2D eigenvalue weighted by Crippen LogP contribution is 2.64. The molecule has 2 aliphatic rings. The van der Waals surface area contributed by atoms with E-state index in [1.165, 1.54) is 66.8 Å². The summed E-state index contributed by atoms with van der Waals surface area (Å²) in [6, 6.07) is 53.6. The van der Waals surface area contributed by atoms with Crippen molar-refractivity contribution in [1.82, 2.24) is 0 Å². The van der Waals surface area contributed by atoms with E-state index in [1.807, 2.05) is 0 Å². The standard InChI is InChI=1S/C37H24/c1-2-13-25(14-3-1)26-15-4-5-16-27(26)31-20-12-21-32-30-19-8-11-24-35(30)37(36(31)32)33-22-9-6-17-28(33)29-18-7-10-23-34(29)37/h1-24H. The van der Waals surface area contributed by atoms with Gasteiger partial charge in [0.2, 0.25) is 0 Å². The molecule has 0 saturated carbocycles. The molecule has 0 amide bonds. The van der Waals surface area contributed by atoms with Crippen molar-refractivity contribution in [3.05, 3.63) is 168 Å². The van der Waals surface area contributed by atoms with Crippen LogP contribution in [0, 0.1) is 0 Å². The highest BCUT2D eigenvalue weighted by Gasteiger charge is 2.52. The summed E-state index contributed by atoms with van der Waals surface area (Å²) in [6.45, 7) is 0. The Morgan fingerprint density at radius 2 is 0.649 bits per heavy atom. The van der Waals surface area contributed by atoms with Gasteiger partial charge in [-0.1, -0.05) is 146 Å². The van der Waals surface area contributed by atoms with E-state index in [4.69, 9.17) is 0 Å². The van der Waals surface area contributed by atoms with Crippen molar-refractivity contribution < 1.29 is 0 Å². The van der Waals surface area contributed by atoms with Crippen LogP contribution < -0.4 is 0 Å². The van der Waals surface area contributed by atoms with E-state index >= 15 is 0 Å². The van der Waals surface area contributed by atoms with Gasteiger partial charge in [0, 0.05) is 0 Å². The zero-order valence-electron chi connectivity index (χ0n) is 20.4. The molecular formula is C37H24. The van der Waals surface area contributed by atoms with Gasteiger partial charge in [0.1, 0.15) is 0 Å². The van der Waals surface area contributed by atoms with E-state index in [-0.39, 0.29) is 5.41 Å². The van der Waals surface area contributed by atoms with E-state index < -0.39 is 0 Å². The average molecular weight is 469 g/mol. The van der Waals surface area contributed by atoms with Crippen LogP contribution in [0.3, 0.4) is 0 Å². The van der Waals surface area contributed by atoms with Gasteiger partial charge in [-0.15, -0.1) is 0 Å². The lowest BCUT2D eigenvalue weighted by Gasteiger charge is -2.32. The summed E-state index contributed by atoms with van der Waals surface area (Å²) in [4.78, 5) is 0. The molecule has 0 unspecified atom stereocenters. The first-order chi connectivity index (χ1) is 18.4.